The Morgan fingerprint density at radius 2 is 1.87 bits per heavy atom. The van der Waals surface area contributed by atoms with Crippen molar-refractivity contribution in [2.45, 2.75) is 19.0 Å². The summed E-state index contributed by atoms with van der Waals surface area (Å²) in [6.07, 6.45) is 4.60. The molecule has 1 N–H and O–H groups in total. The lowest BCUT2D eigenvalue weighted by molar-refractivity contribution is -0.118. The minimum absolute atomic E-state index is 0.112. The molecule has 1 amide bonds. The molecule has 1 atom stereocenters. The predicted molar refractivity (Wildman–Crippen MR) is 121 cm³/mol. The number of carbonyl (C=O) groups is 1. The quantitative estimate of drug-likeness (QED) is 0.513. The largest absolute Gasteiger partial charge is 0.367 e. The van der Waals surface area contributed by atoms with Gasteiger partial charge in [0.15, 0.2) is 6.04 Å². The summed E-state index contributed by atoms with van der Waals surface area (Å²) >= 11 is 1.85. The zero-order valence-corrected chi connectivity index (χ0v) is 17.3. The van der Waals surface area contributed by atoms with Crippen molar-refractivity contribution in [2.75, 3.05) is 16.8 Å². The van der Waals surface area contributed by atoms with Crippen LogP contribution in [0.1, 0.15) is 22.0 Å². The number of fused-ring (bicyclic) bond motifs is 1. The molecular formula is C24H22N4OS. The summed E-state index contributed by atoms with van der Waals surface area (Å²) < 4.78 is 1.69. The van der Waals surface area contributed by atoms with Gasteiger partial charge >= 0.3 is 0 Å². The first-order valence-electron chi connectivity index (χ1n) is 10.0. The molecule has 2 aromatic carbocycles. The molecule has 1 aliphatic rings. The Balaban J connectivity index is 1.32. The summed E-state index contributed by atoms with van der Waals surface area (Å²) in [7, 11) is 0. The highest BCUT2D eigenvalue weighted by atomic mass is 32.1. The fraction of sp³-hybridized carbons (Fsp3) is 0.167. The number of anilines is 2. The molecule has 6 heteroatoms. The van der Waals surface area contributed by atoms with E-state index < -0.39 is 6.04 Å². The lowest BCUT2D eigenvalue weighted by Crippen LogP contribution is -2.29. The first kappa shape index (κ1) is 18.6. The monoisotopic (exact) mass is 414 g/mol. The number of amides is 1. The van der Waals surface area contributed by atoms with Crippen LogP contribution in [0.2, 0.25) is 0 Å². The standard InChI is InChI=1S/C24H22N4OS/c29-24(23(28-14-4-13-25-28)18-5-2-1-3-6-18)26-20-7-9-21(10-8-20)27-15-11-22-19(17-27)12-16-30-22/h1-10,12-14,16,23H,11,15,17H2,(H,26,29). The predicted octanol–water partition coefficient (Wildman–Crippen LogP) is 4.74. The number of hydrogen-bond donors (Lipinski definition) is 1. The van der Waals surface area contributed by atoms with Gasteiger partial charge in [0, 0.05) is 41.7 Å². The number of carbonyl (C=O) groups excluding carboxylic acids is 1. The molecule has 3 heterocycles. The number of nitrogens with zero attached hydrogens (tertiary/aromatic N) is 3. The number of thiophene rings is 1. The zero-order chi connectivity index (χ0) is 20.3. The van der Waals surface area contributed by atoms with Crippen molar-refractivity contribution in [1.82, 2.24) is 9.78 Å². The Bertz CT molecular complexity index is 1120. The van der Waals surface area contributed by atoms with Crippen LogP contribution in [0.3, 0.4) is 0 Å². The summed E-state index contributed by atoms with van der Waals surface area (Å²) in [6, 6.07) is 21.4. The van der Waals surface area contributed by atoms with Gasteiger partial charge in [0.25, 0.3) is 5.91 Å². The van der Waals surface area contributed by atoms with Crippen LogP contribution in [0.15, 0.2) is 84.5 Å². The Hall–Kier alpha value is -3.38. The van der Waals surface area contributed by atoms with E-state index >= 15 is 0 Å². The molecule has 0 bridgehead atoms. The second kappa shape index (κ2) is 8.16. The van der Waals surface area contributed by atoms with E-state index in [0.29, 0.717) is 0 Å². The Labute approximate surface area is 179 Å². The highest BCUT2D eigenvalue weighted by Crippen LogP contribution is 2.29. The number of aromatic nitrogens is 2. The van der Waals surface area contributed by atoms with Gasteiger partial charge in [-0.15, -0.1) is 11.3 Å². The molecule has 0 fully saturated rings. The maximum atomic E-state index is 13.1. The molecule has 0 radical (unpaired) electrons. The lowest BCUT2D eigenvalue weighted by Gasteiger charge is -2.29. The molecule has 1 unspecified atom stereocenters. The van der Waals surface area contributed by atoms with Crippen LogP contribution in [0.25, 0.3) is 0 Å². The second-order valence-corrected chi connectivity index (χ2v) is 8.38. The fourth-order valence-electron chi connectivity index (χ4n) is 3.93. The van der Waals surface area contributed by atoms with Crippen molar-refractivity contribution in [1.29, 1.82) is 0 Å². The van der Waals surface area contributed by atoms with Gasteiger partial charge in [-0.05, 0) is 59.3 Å². The first-order valence-corrected chi connectivity index (χ1v) is 10.9. The van der Waals surface area contributed by atoms with Crippen molar-refractivity contribution in [3.8, 4) is 0 Å². The molecule has 5 nitrogen and oxygen atoms in total. The van der Waals surface area contributed by atoms with Gasteiger partial charge in [-0.1, -0.05) is 30.3 Å². The van der Waals surface area contributed by atoms with E-state index in [4.69, 9.17) is 0 Å². The number of rotatable bonds is 5. The topological polar surface area (TPSA) is 50.2 Å². The van der Waals surface area contributed by atoms with Crippen LogP contribution >= 0.6 is 11.3 Å². The van der Waals surface area contributed by atoms with Crippen molar-refractivity contribution in [3.05, 3.63) is 101 Å². The van der Waals surface area contributed by atoms with Gasteiger partial charge < -0.3 is 10.2 Å². The highest BCUT2D eigenvalue weighted by molar-refractivity contribution is 7.10. The van der Waals surface area contributed by atoms with E-state index in [1.807, 2.05) is 66.1 Å². The molecule has 5 rings (SSSR count). The Morgan fingerprint density at radius 1 is 1.03 bits per heavy atom. The summed E-state index contributed by atoms with van der Waals surface area (Å²) in [5.41, 5.74) is 4.28. The molecule has 0 spiro atoms. The summed E-state index contributed by atoms with van der Waals surface area (Å²) in [5, 5.41) is 9.52. The maximum Gasteiger partial charge on any atom is 0.253 e. The van der Waals surface area contributed by atoms with Gasteiger partial charge in [0.1, 0.15) is 0 Å². The van der Waals surface area contributed by atoms with Gasteiger partial charge in [0.2, 0.25) is 0 Å². The van der Waals surface area contributed by atoms with Gasteiger partial charge in [-0.25, -0.2) is 0 Å². The van der Waals surface area contributed by atoms with Gasteiger partial charge in [0.05, 0.1) is 0 Å². The lowest BCUT2D eigenvalue weighted by atomic mass is 10.1. The SMILES string of the molecule is O=C(Nc1ccc(N2CCc3sccc3C2)cc1)C(c1ccccc1)n1cccn1. The van der Waals surface area contributed by atoms with E-state index in [9.17, 15) is 4.79 Å². The van der Waals surface area contributed by atoms with Gasteiger partial charge in [-0.2, -0.15) is 5.10 Å². The maximum absolute atomic E-state index is 13.1. The normalized spacial score (nSPS) is 14.2. The molecular weight excluding hydrogens is 392 g/mol. The minimum Gasteiger partial charge on any atom is -0.367 e. The zero-order valence-electron chi connectivity index (χ0n) is 16.4. The number of nitrogens with one attached hydrogen (secondary N) is 1. The van der Waals surface area contributed by atoms with Crippen LogP contribution < -0.4 is 10.2 Å². The van der Waals surface area contributed by atoms with Crippen molar-refractivity contribution < 1.29 is 4.79 Å². The molecule has 0 saturated heterocycles. The Morgan fingerprint density at radius 3 is 2.63 bits per heavy atom. The van der Waals surface area contributed by atoms with Gasteiger partial charge in [-0.3, -0.25) is 9.48 Å². The third-order valence-electron chi connectivity index (χ3n) is 5.46. The summed E-state index contributed by atoms with van der Waals surface area (Å²) in [6.45, 7) is 1.97. The minimum atomic E-state index is -0.514. The van der Waals surface area contributed by atoms with E-state index in [1.54, 1.807) is 10.9 Å². The third kappa shape index (κ3) is 3.74. The van der Waals surface area contributed by atoms with Crippen molar-refractivity contribution in [2.24, 2.45) is 0 Å². The molecule has 4 aromatic rings. The Kier molecular flexibility index (Phi) is 5.07. The molecule has 0 saturated carbocycles. The fourth-order valence-corrected chi connectivity index (χ4v) is 4.82. The van der Waals surface area contributed by atoms with E-state index in [0.717, 1.165) is 30.8 Å². The average molecular weight is 415 g/mol. The van der Waals surface area contributed by atoms with Crippen LogP contribution in [-0.4, -0.2) is 22.2 Å². The van der Waals surface area contributed by atoms with E-state index in [1.165, 1.54) is 16.1 Å². The van der Waals surface area contributed by atoms with Crippen LogP contribution in [0.4, 0.5) is 11.4 Å². The average Bonchev–Trinajstić information content (AvgIpc) is 3.47. The molecule has 0 aliphatic carbocycles. The van der Waals surface area contributed by atoms with E-state index in [2.05, 4.69) is 38.9 Å². The van der Waals surface area contributed by atoms with Crippen LogP contribution in [0, 0.1) is 0 Å². The third-order valence-corrected chi connectivity index (χ3v) is 6.48. The summed E-state index contributed by atoms with van der Waals surface area (Å²) in [5.74, 6) is -0.112. The smallest absolute Gasteiger partial charge is 0.253 e. The first-order chi connectivity index (χ1) is 14.8. The number of benzene rings is 2. The van der Waals surface area contributed by atoms with Crippen molar-refractivity contribution in [3.63, 3.8) is 0 Å². The van der Waals surface area contributed by atoms with E-state index in [-0.39, 0.29) is 5.91 Å². The number of hydrogen-bond acceptors (Lipinski definition) is 4. The molecule has 2 aromatic heterocycles. The molecule has 1 aliphatic heterocycles. The van der Waals surface area contributed by atoms with Crippen LogP contribution in [0.5, 0.6) is 0 Å². The van der Waals surface area contributed by atoms with Crippen LogP contribution in [-0.2, 0) is 17.8 Å². The molecule has 150 valence electrons. The highest BCUT2D eigenvalue weighted by Gasteiger charge is 2.23. The van der Waals surface area contributed by atoms with Crippen molar-refractivity contribution >= 4 is 28.6 Å². The molecule has 30 heavy (non-hydrogen) atoms. The second-order valence-electron chi connectivity index (χ2n) is 7.38. The summed E-state index contributed by atoms with van der Waals surface area (Å²) in [4.78, 5) is 17.0.